The molecule has 0 radical (unpaired) electrons. The van der Waals surface area contributed by atoms with Gasteiger partial charge in [0.2, 0.25) is 11.8 Å². The number of carbonyl (C=O) groups excluding carboxylic acids is 1. The zero-order valence-corrected chi connectivity index (χ0v) is 24.8. The summed E-state index contributed by atoms with van der Waals surface area (Å²) in [5.41, 5.74) is 3.03. The molecule has 3 heterocycles. The fraction of sp³-hybridized carbons (Fsp3) is 0.581. The molecule has 1 aliphatic rings. The van der Waals surface area contributed by atoms with Crippen molar-refractivity contribution in [1.82, 2.24) is 19.7 Å². The number of piperidine rings is 1. The summed E-state index contributed by atoms with van der Waals surface area (Å²) < 4.78 is 19.3. The van der Waals surface area contributed by atoms with Crippen molar-refractivity contribution in [2.45, 2.75) is 84.3 Å². The van der Waals surface area contributed by atoms with Crippen LogP contribution < -0.4 is 9.47 Å². The van der Waals surface area contributed by atoms with E-state index in [0.29, 0.717) is 37.9 Å². The lowest BCUT2D eigenvalue weighted by Crippen LogP contribution is -2.47. The summed E-state index contributed by atoms with van der Waals surface area (Å²) in [5, 5.41) is 16.8. The van der Waals surface area contributed by atoms with Crippen LogP contribution in [0.3, 0.4) is 0 Å². The Morgan fingerprint density at radius 2 is 1.80 bits per heavy atom. The first-order valence-electron chi connectivity index (χ1n) is 14.5. The number of amides is 1. The van der Waals surface area contributed by atoms with E-state index in [1.807, 2.05) is 44.6 Å². The zero-order valence-electron chi connectivity index (χ0n) is 24.8. The summed E-state index contributed by atoms with van der Waals surface area (Å²) in [6.07, 6.45) is 3.56. The molecule has 0 unspecified atom stereocenters. The predicted molar refractivity (Wildman–Crippen MR) is 156 cm³/mol. The molecule has 9 nitrogen and oxygen atoms in total. The Bertz CT molecular complexity index is 1300. The molecule has 1 N–H and O–H groups in total. The van der Waals surface area contributed by atoms with Crippen LogP contribution in [0, 0.1) is 0 Å². The van der Waals surface area contributed by atoms with Crippen molar-refractivity contribution in [1.29, 1.82) is 0 Å². The average molecular weight is 553 g/mol. The number of hydrogen-bond acceptors (Lipinski definition) is 7. The number of benzene rings is 1. The first-order chi connectivity index (χ1) is 19.1. The number of ether oxygens (including phenoxy) is 3. The summed E-state index contributed by atoms with van der Waals surface area (Å²) in [6, 6.07) is 10.1. The second-order valence-corrected chi connectivity index (χ2v) is 11.5. The van der Waals surface area contributed by atoms with Gasteiger partial charge >= 0.3 is 6.09 Å². The molecule has 0 spiro atoms. The molecule has 1 aromatic carbocycles. The van der Waals surface area contributed by atoms with Crippen molar-refractivity contribution in [3.63, 3.8) is 0 Å². The predicted octanol–water partition coefficient (Wildman–Crippen LogP) is 6.08. The van der Waals surface area contributed by atoms with Crippen LogP contribution in [-0.4, -0.2) is 68.9 Å². The second-order valence-electron chi connectivity index (χ2n) is 11.5. The van der Waals surface area contributed by atoms with Crippen LogP contribution in [0.4, 0.5) is 4.79 Å². The van der Waals surface area contributed by atoms with Crippen LogP contribution in [0.5, 0.6) is 11.8 Å². The standard InChI is InChI=1S/C31H44N4O5/c1-7-9-17-38-27-14-13-24(29(32-27)39-18-10-8-2)28-23-12-11-21(19-25(23)34(6)33-28)22-15-16-35(20-26(22)36)30(37)40-31(3,4)5/h11-14,19,22,26,36H,7-10,15-18,20H2,1-6H3/t22-,26+/m0/s1. The number of aromatic nitrogens is 3. The van der Waals surface area contributed by atoms with Crippen molar-refractivity contribution in [2.24, 2.45) is 7.05 Å². The van der Waals surface area contributed by atoms with E-state index in [1.54, 1.807) is 4.90 Å². The van der Waals surface area contributed by atoms with E-state index in [-0.39, 0.29) is 18.6 Å². The number of aliphatic hydroxyl groups excluding tert-OH is 1. The summed E-state index contributed by atoms with van der Waals surface area (Å²) in [5.74, 6) is 0.991. The summed E-state index contributed by atoms with van der Waals surface area (Å²) >= 11 is 0. The van der Waals surface area contributed by atoms with E-state index in [9.17, 15) is 9.90 Å². The minimum absolute atomic E-state index is 0.0874. The van der Waals surface area contributed by atoms with Gasteiger partial charge in [0.25, 0.3) is 0 Å². The largest absolute Gasteiger partial charge is 0.478 e. The lowest BCUT2D eigenvalue weighted by atomic mass is 9.86. The van der Waals surface area contributed by atoms with E-state index in [2.05, 4.69) is 37.0 Å². The van der Waals surface area contributed by atoms with Crippen LogP contribution in [0.2, 0.25) is 0 Å². The molecule has 0 saturated carbocycles. The second kappa shape index (κ2) is 12.9. The smallest absolute Gasteiger partial charge is 0.410 e. The molecule has 4 rings (SSSR count). The molecular formula is C31H44N4O5. The number of β-amino-alcohol motifs (C(OH)–C–C–N with tert-alkyl or cyclic N) is 1. The number of aryl methyl sites for hydroxylation is 1. The molecule has 2 aromatic heterocycles. The molecule has 1 aliphatic heterocycles. The van der Waals surface area contributed by atoms with E-state index >= 15 is 0 Å². The van der Waals surface area contributed by atoms with Gasteiger partial charge in [-0.05, 0) is 57.7 Å². The summed E-state index contributed by atoms with van der Waals surface area (Å²) in [7, 11) is 1.92. The topological polar surface area (TPSA) is 98.9 Å². The molecule has 0 aliphatic carbocycles. The van der Waals surface area contributed by atoms with Gasteiger partial charge < -0.3 is 24.2 Å². The molecule has 9 heteroatoms. The Morgan fingerprint density at radius 1 is 1.07 bits per heavy atom. The van der Waals surface area contributed by atoms with Crippen molar-refractivity contribution in [3.8, 4) is 23.0 Å². The Kier molecular flexibility index (Phi) is 9.56. The van der Waals surface area contributed by atoms with Gasteiger partial charge in [0, 0.05) is 31.0 Å². The van der Waals surface area contributed by atoms with Crippen LogP contribution in [0.15, 0.2) is 30.3 Å². The highest BCUT2D eigenvalue weighted by Gasteiger charge is 2.33. The number of fused-ring (bicyclic) bond motifs is 1. The summed E-state index contributed by atoms with van der Waals surface area (Å²) in [6.45, 7) is 11.8. The average Bonchev–Trinajstić information content (AvgIpc) is 3.23. The molecule has 3 aromatic rings. The third-order valence-corrected chi connectivity index (χ3v) is 7.11. The molecule has 1 amide bonds. The van der Waals surface area contributed by atoms with Gasteiger partial charge in [0.1, 0.15) is 11.3 Å². The van der Waals surface area contributed by atoms with Gasteiger partial charge in [-0.15, -0.1) is 0 Å². The molecule has 0 bridgehead atoms. The Balaban J connectivity index is 1.58. The van der Waals surface area contributed by atoms with Gasteiger partial charge in [-0.25, -0.2) is 4.79 Å². The molecule has 1 fully saturated rings. The minimum Gasteiger partial charge on any atom is -0.478 e. The first kappa shape index (κ1) is 29.6. The Hall–Kier alpha value is -3.33. The number of nitrogens with zero attached hydrogens (tertiary/aromatic N) is 4. The highest BCUT2D eigenvalue weighted by molar-refractivity contribution is 5.95. The van der Waals surface area contributed by atoms with Crippen molar-refractivity contribution < 1.29 is 24.1 Å². The highest BCUT2D eigenvalue weighted by atomic mass is 16.6. The maximum Gasteiger partial charge on any atom is 0.410 e. The van der Waals surface area contributed by atoms with Crippen LogP contribution in [0.1, 0.15) is 78.2 Å². The van der Waals surface area contributed by atoms with Gasteiger partial charge in [-0.3, -0.25) is 4.68 Å². The quantitative estimate of drug-likeness (QED) is 0.304. The lowest BCUT2D eigenvalue weighted by molar-refractivity contribution is -0.00151. The van der Waals surface area contributed by atoms with Crippen LogP contribution in [0.25, 0.3) is 22.2 Å². The van der Waals surface area contributed by atoms with Crippen molar-refractivity contribution >= 4 is 17.0 Å². The van der Waals surface area contributed by atoms with Crippen LogP contribution >= 0.6 is 0 Å². The van der Waals surface area contributed by atoms with E-state index in [1.165, 1.54) is 0 Å². The number of aliphatic hydroxyl groups is 1. The molecular weight excluding hydrogens is 508 g/mol. The molecule has 218 valence electrons. The van der Waals surface area contributed by atoms with E-state index in [4.69, 9.17) is 19.3 Å². The molecule has 1 saturated heterocycles. The third-order valence-electron chi connectivity index (χ3n) is 7.11. The monoisotopic (exact) mass is 552 g/mol. The van der Waals surface area contributed by atoms with Gasteiger partial charge in [0.05, 0.1) is 36.9 Å². The molecule has 2 atom stereocenters. The summed E-state index contributed by atoms with van der Waals surface area (Å²) in [4.78, 5) is 18.8. The fourth-order valence-electron chi connectivity index (χ4n) is 4.95. The van der Waals surface area contributed by atoms with Crippen LogP contribution in [-0.2, 0) is 11.8 Å². The fourth-order valence-corrected chi connectivity index (χ4v) is 4.95. The maximum absolute atomic E-state index is 12.5. The molecule has 40 heavy (non-hydrogen) atoms. The number of unbranched alkanes of at least 4 members (excludes halogenated alkanes) is 2. The third kappa shape index (κ3) is 7.05. The highest BCUT2D eigenvalue weighted by Crippen LogP contribution is 2.37. The maximum atomic E-state index is 12.5. The first-order valence-corrected chi connectivity index (χ1v) is 14.5. The Labute approximate surface area is 237 Å². The number of hydrogen-bond donors (Lipinski definition) is 1. The van der Waals surface area contributed by atoms with Gasteiger partial charge in [-0.1, -0.05) is 38.8 Å². The normalized spacial score (nSPS) is 17.7. The number of rotatable bonds is 10. The number of carbonyl (C=O) groups is 1. The van der Waals surface area contributed by atoms with E-state index < -0.39 is 11.7 Å². The SMILES string of the molecule is CCCCOc1ccc(-c2nn(C)c3cc([C@@H]4CCN(C(=O)OC(C)(C)C)C[C@H]4O)ccc23)c(OCCCC)n1. The van der Waals surface area contributed by atoms with Crippen molar-refractivity contribution in [2.75, 3.05) is 26.3 Å². The van der Waals surface area contributed by atoms with Gasteiger partial charge in [-0.2, -0.15) is 10.1 Å². The number of likely N-dealkylation sites (tertiary alicyclic amines) is 1. The number of pyridine rings is 1. The Morgan fingerprint density at radius 3 is 2.48 bits per heavy atom. The lowest BCUT2D eigenvalue weighted by Gasteiger charge is -2.37. The van der Waals surface area contributed by atoms with Gasteiger partial charge in [0.15, 0.2) is 0 Å². The van der Waals surface area contributed by atoms with Crippen molar-refractivity contribution in [3.05, 3.63) is 35.9 Å². The van der Waals surface area contributed by atoms with E-state index in [0.717, 1.165) is 53.4 Å². The zero-order chi connectivity index (χ0) is 28.9. The minimum atomic E-state index is -0.686.